The second-order valence-electron chi connectivity index (χ2n) is 5.97. The number of aromatic nitrogens is 1. The van der Waals surface area contributed by atoms with Gasteiger partial charge >= 0.3 is 0 Å². The zero-order valence-corrected chi connectivity index (χ0v) is 11.6. The van der Waals surface area contributed by atoms with E-state index in [4.69, 9.17) is 5.26 Å². The van der Waals surface area contributed by atoms with Crippen molar-refractivity contribution in [3.8, 4) is 6.07 Å². The Labute approximate surface area is 114 Å². The lowest BCUT2D eigenvalue weighted by molar-refractivity contribution is 0.260. The summed E-state index contributed by atoms with van der Waals surface area (Å²) in [6.07, 6.45) is 7.52. The molecule has 2 rings (SSSR count). The highest BCUT2D eigenvalue weighted by Gasteiger charge is 2.34. The molecule has 0 bridgehead atoms. The third-order valence-electron chi connectivity index (χ3n) is 3.45. The molecule has 0 amide bonds. The summed E-state index contributed by atoms with van der Waals surface area (Å²) in [5, 5.41) is 9.04. The predicted octanol–water partition coefficient (Wildman–Crippen LogP) is 2.11. The Hall–Kier alpha value is -1.70. The first-order valence-corrected chi connectivity index (χ1v) is 6.53. The van der Waals surface area contributed by atoms with E-state index < -0.39 is 0 Å². The van der Waals surface area contributed by atoms with E-state index >= 15 is 0 Å². The SMILES string of the molecule is CC(C)(C)C1NNCC1/C=C/c1ccncc1C#N. The van der Waals surface area contributed by atoms with Crippen molar-refractivity contribution in [3.63, 3.8) is 0 Å². The average molecular weight is 256 g/mol. The molecule has 0 saturated carbocycles. The Morgan fingerprint density at radius 3 is 2.95 bits per heavy atom. The van der Waals surface area contributed by atoms with Gasteiger partial charge in [0.05, 0.1) is 5.56 Å². The second-order valence-corrected chi connectivity index (χ2v) is 5.97. The number of pyridine rings is 1. The summed E-state index contributed by atoms with van der Waals surface area (Å²) in [7, 11) is 0. The number of hydrogen-bond acceptors (Lipinski definition) is 4. The van der Waals surface area contributed by atoms with Gasteiger partial charge in [-0.15, -0.1) is 0 Å². The molecule has 2 heterocycles. The molecule has 4 nitrogen and oxygen atoms in total. The van der Waals surface area contributed by atoms with Crippen molar-refractivity contribution in [2.75, 3.05) is 6.54 Å². The third-order valence-corrected chi connectivity index (χ3v) is 3.45. The fourth-order valence-corrected chi connectivity index (χ4v) is 2.42. The van der Waals surface area contributed by atoms with E-state index in [1.54, 1.807) is 12.4 Å². The lowest BCUT2D eigenvalue weighted by Crippen LogP contribution is -2.41. The number of hydrazine groups is 1. The van der Waals surface area contributed by atoms with Gasteiger partial charge in [0, 0.05) is 30.9 Å². The second kappa shape index (κ2) is 5.52. The molecule has 1 aromatic heterocycles. The highest BCUT2D eigenvalue weighted by Crippen LogP contribution is 2.28. The summed E-state index contributed by atoms with van der Waals surface area (Å²) in [6, 6.07) is 4.42. The predicted molar refractivity (Wildman–Crippen MR) is 75.9 cm³/mol. The quantitative estimate of drug-likeness (QED) is 0.850. The monoisotopic (exact) mass is 256 g/mol. The molecule has 4 heteroatoms. The number of nitrogens with zero attached hydrogens (tertiary/aromatic N) is 2. The van der Waals surface area contributed by atoms with Crippen molar-refractivity contribution in [2.45, 2.75) is 26.8 Å². The topological polar surface area (TPSA) is 60.7 Å². The molecule has 0 aliphatic carbocycles. The normalized spacial score (nSPS) is 23.7. The van der Waals surface area contributed by atoms with Crippen LogP contribution in [0.5, 0.6) is 0 Å². The van der Waals surface area contributed by atoms with E-state index in [2.05, 4.69) is 48.8 Å². The van der Waals surface area contributed by atoms with Gasteiger partial charge in [-0.05, 0) is 17.0 Å². The molecular formula is C15H20N4. The van der Waals surface area contributed by atoms with Gasteiger partial charge in [0.1, 0.15) is 6.07 Å². The molecule has 2 N–H and O–H groups in total. The van der Waals surface area contributed by atoms with Crippen LogP contribution in [-0.2, 0) is 0 Å². The van der Waals surface area contributed by atoms with Crippen molar-refractivity contribution in [1.29, 1.82) is 5.26 Å². The minimum absolute atomic E-state index is 0.189. The third kappa shape index (κ3) is 3.19. The van der Waals surface area contributed by atoms with Crippen LogP contribution < -0.4 is 10.9 Å². The molecule has 2 unspecified atom stereocenters. The summed E-state index contributed by atoms with van der Waals surface area (Å²) in [6.45, 7) is 7.59. The molecule has 1 aliphatic rings. The van der Waals surface area contributed by atoms with Crippen LogP contribution in [0.4, 0.5) is 0 Å². The molecule has 100 valence electrons. The number of nitrogens with one attached hydrogen (secondary N) is 2. The van der Waals surface area contributed by atoms with Crippen molar-refractivity contribution in [3.05, 3.63) is 35.7 Å². The van der Waals surface area contributed by atoms with Crippen LogP contribution in [0.15, 0.2) is 24.5 Å². The summed E-state index contributed by atoms with van der Waals surface area (Å²) in [5.41, 5.74) is 8.28. The van der Waals surface area contributed by atoms with E-state index in [9.17, 15) is 0 Å². The molecule has 1 aromatic rings. The smallest absolute Gasteiger partial charge is 0.101 e. The maximum atomic E-state index is 9.04. The fourth-order valence-electron chi connectivity index (χ4n) is 2.42. The first kappa shape index (κ1) is 13.7. The number of hydrogen-bond donors (Lipinski definition) is 2. The number of rotatable bonds is 2. The van der Waals surface area contributed by atoms with Crippen LogP contribution in [0, 0.1) is 22.7 Å². The van der Waals surface area contributed by atoms with Crippen LogP contribution in [0.2, 0.25) is 0 Å². The Morgan fingerprint density at radius 2 is 2.26 bits per heavy atom. The summed E-state index contributed by atoms with van der Waals surface area (Å²) in [4.78, 5) is 3.97. The molecule has 1 fully saturated rings. The standard InChI is InChI=1S/C15H20N4/c1-15(2,3)14-12(10-18-19-14)5-4-11-6-7-17-9-13(11)8-16/h4-7,9,12,14,18-19H,10H2,1-3H3/b5-4+. The summed E-state index contributed by atoms with van der Waals surface area (Å²) >= 11 is 0. The maximum Gasteiger partial charge on any atom is 0.101 e. The first-order chi connectivity index (χ1) is 9.02. The van der Waals surface area contributed by atoms with Gasteiger partial charge < -0.3 is 0 Å². The molecule has 2 atom stereocenters. The van der Waals surface area contributed by atoms with Crippen LogP contribution in [0.1, 0.15) is 31.9 Å². The largest absolute Gasteiger partial charge is 0.263 e. The minimum Gasteiger partial charge on any atom is -0.263 e. The Bertz CT molecular complexity index is 508. The summed E-state index contributed by atoms with van der Waals surface area (Å²) in [5.74, 6) is 0.416. The van der Waals surface area contributed by atoms with Crippen LogP contribution in [-0.4, -0.2) is 17.6 Å². The van der Waals surface area contributed by atoms with Crippen molar-refractivity contribution < 1.29 is 0 Å². The van der Waals surface area contributed by atoms with Gasteiger partial charge in [0.2, 0.25) is 0 Å². The number of nitriles is 1. The lowest BCUT2D eigenvalue weighted by atomic mass is 9.80. The minimum atomic E-state index is 0.189. The molecule has 0 spiro atoms. The average Bonchev–Trinajstić information content (AvgIpc) is 2.85. The zero-order chi connectivity index (χ0) is 13.9. The van der Waals surface area contributed by atoms with Gasteiger partial charge in [-0.25, -0.2) is 0 Å². The molecule has 0 radical (unpaired) electrons. The van der Waals surface area contributed by atoms with Crippen LogP contribution in [0.3, 0.4) is 0 Å². The van der Waals surface area contributed by atoms with Gasteiger partial charge in [-0.3, -0.25) is 15.8 Å². The Balaban J connectivity index is 2.17. The van der Waals surface area contributed by atoms with Gasteiger partial charge in [-0.2, -0.15) is 5.26 Å². The highest BCUT2D eigenvalue weighted by molar-refractivity contribution is 5.57. The first-order valence-electron chi connectivity index (χ1n) is 6.53. The van der Waals surface area contributed by atoms with Crippen LogP contribution >= 0.6 is 0 Å². The van der Waals surface area contributed by atoms with E-state index in [0.29, 0.717) is 17.5 Å². The molecule has 1 saturated heterocycles. The Kier molecular flexibility index (Phi) is 3.98. The molecule has 1 aliphatic heterocycles. The summed E-state index contributed by atoms with van der Waals surface area (Å²) < 4.78 is 0. The van der Waals surface area contributed by atoms with Gasteiger partial charge in [-0.1, -0.05) is 32.9 Å². The van der Waals surface area contributed by atoms with Crippen molar-refractivity contribution in [1.82, 2.24) is 15.8 Å². The molecule has 0 aromatic carbocycles. The fraction of sp³-hybridized carbons (Fsp3) is 0.467. The zero-order valence-electron chi connectivity index (χ0n) is 11.6. The maximum absolute atomic E-state index is 9.04. The van der Waals surface area contributed by atoms with E-state index in [1.165, 1.54) is 0 Å². The van der Waals surface area contributed by atoms with Crippen molar-refractivity contribution >= 4 is 6.08 Å². The van der Waals surface area contributed by atoms with E-state index in [0.717, 1.165) is 12.1 Å². The van der Waals surface area contributed by atoms with Gasteiger partial charge in [0.15, 0.2) is 0 Å². The Morgan fingerprint density at radius 1 is 1.47 bits per heavy atom. The van der Waals surface area contributed by atoms with Gasteiger partial charge in [0.25, 0.3) is 0 Å². The highest BCUT2D eigenvalue weighted by atomic mass is 15.4. The van der Waals surface area contributed by atoms with Crippen molar-refractivity contribution in [2.24, 2.45) is 11.3 Å². The van der Waals surface area contributed by atoms with Crippen LogP contribution in [0.25, 0.3) is 6.08 Å². The lowest BCUT2D eigenvalue weighted by Gasteiger charge is -2.30. The molecular weight excluding hydrogens is 236 g/mol. The van der Waals surface area contributed by atoms with E-state index in [1.807, 2.05) is 12.1 Å². The molecule has 19 heavy (non-hydrogen) atoms. The van der Waals surface area contributed by atoms with E-state index in [-0.39, 0.29) is 5.41 Å².